The molecule has 27 heavy (non-hydrogen) atoms. The minimum absolute atomic E-state index is 0.112. The molecule has 0 unspecified atom stereocenters. The second kappa shape index (κ2) is 6.99. The van der Waals surface area contributed by atoms with Crippen molar-refractivity contribution < 1.29 is 4.92 Å². The zero-order valence-electron chi connectivity index (χ0n) is 17.1. The first-order chi connectivity index (χ1) is 12.7. The molecule has 0 spiro atoms. The van der Waals surface area contributed by atoms with Crippen molar-refractivity contribution in [3.8, 4) is 0 Å². The van der Waals surface area contributed by atoms with Gasteiger partial charge in [0.2, 0.25) is 0 Å². The summed E-state index contributed by atoms with van der Waals surface area (Å²) in [6, 6.07) is 13.7. The van der Waals surface area contributed by atoms with Crippen LogP contribution >= 0.6 is 0 Å². The van der Waals surface area contributed by atoms with Gasteiger partial charge in [-0.3, -0.25) is 10.1 Å². The minimum Gasteiger partial charge on any atom is -0.336 e. The number of anilines is 2. The number of hydrogen-bond donors (Lipinski definition) is 0. The van der Waals surface area contributed by atoms with Gasteiger partial charge in [0.05, 0.1) is 4.92 Å². The van der Waals surface area contributed by atoms with E-state index in [1.807, 2.05) is 12.1 Å². The molecule has 0 saturated carbocycles. The highest BCUT2D eigenvalue weighted by Crippen LogP contribution is 2.47. The Morgan fingerprint density at radius 3 is 2.26 bits per heavy atom. The number of benzene rings is 2. The number of para-hydroxylation sites is 2. The van der Waals surface area contributed by atoms with E-state index in [1.165, 1.54) is 17.5 Å². The third-order valence-electron chi connectivity index (χ3n) is 5.96. The van der Waals surface area contributed by atoms with E-state index in [2.05, 4.69) is 57.7 Å². The van der Waals surface area contributed by atoms with E-state index in [1.54, 1.807) is 12.1 Å². The largest absolute Gasteiger partial charge is 0.336 e. The van der Waals surface area contributed by atoms with Crippen molar-refractivity contribution >= 4 is 17.1 Å². The monoisotopic (exact) mass is 366 g/mol. The van der Waals surface area contributed by atoms with Crippen molar-refractivity contribution in [2.24, 2.45) is 0 Å². The average molecular weight is 367 g/mol. The lowest BCUT2D eigenvalue weighted by molar-refractivity contribution is -0.384. The normalized spacial score (nSPS) is 17.2. The van der Waals surface area contributed by atoms with Gasteiger partial charge in [-0.2, -0.15) is 0 Å². The zero-order valence-corrected chi connectivity index (χ0v) is 17.1. The predicted octanol–water partition coefficient (Wildman–Crippen LogP) is 6.49. The van der Waals surface area contributed by atoms with E-state index in [9.17, 15) is 10.1 Å². The third kappa shape index (κ3) is 3.58. The molecular formula is C23H30N2O2. The first kappa shape index (κ1) is 19.4. The molecule has 0 radical (unpaired) electrons. The van der Waals surface area contributed by atoms with Crippen LogP contribution in [0.15, 0.2) is 42.5 Å². The second-order valence-corrected chi connectivity index (χ2v) is 8.90. The summed E-state index contributed by atoms with van der Waals surface area (Å²) in [6.07, 6.45) is 3.24. The molecule has 0 aliphatic heterocycles. The number of hydrogen-bond acceptors (Lipinski definition) is 3. The number of rotatable bonds is 5. The van der Waals surface area contributed by atoms with E-state index in [-0.39, 0.29) is 21.4 Å². The minimum atomic E-state index is -0.288. The predicted molar refractivity (Wildman–Crippen MR) is 112 cm³/mol. The number of nitro benzene ring substituents is 1. The second-order valence-electron chi connectivity index (χ2n) is 8.90. The number of nitro groups is 1. The van der Waals surface area contributed by atoms with Crippen molar-refractivity contribution in [1.82, 2.24) is 0 Å². The van der Waals surface area contributed by atoms with Gasteiger partial charge in [0.15, 0.2) is 0 Å². The Kier molecular flexibility index (Phi) is 5.02. The van der Waals surface area contributed by atoms with Crippen LogP contribution in [0.25, 0.3) is 0 Å². The van der Waals surface area contributed by atoms with Crippen LogP contribution in [0, 0.1) is 10.1 Å². The fraction of sp³-hybridized carbons (Fsp3) is 0.478. The summed E-state index contributed by atoms with van der Waals surface area (Å²) in [5.74, 6) is 0. The first-order valence-electron chi connectivity index (χ1n) is 9.83. The van der Waals surface area contributed by atoms with Gasteiger partial charge in [0, 0.05) is 18.3 Å². The number of nitrogens with zero attached hydrogens (tertiary/aromatic N) is 2. The Morgan fingerprint density at radius 1 is 1.00 bits per heavy atom. The molecule has 2 aromatic rings. The molecule has 0 saturated heterocycles. The van der Waals surface area contributed by atoms with Crippen LogP contribution in [0.2, 0.25) is 0 Å². The quantitative estimate of drug-likeness (QED) is 0.449. The molecule has 4 heteroatoms. The maximum Gasteiger partial charge on any atom is 0.292 e. The van der Waals surface area contributed by atoms with E-state index < -0.39 is 0 Å². The summed E-state index contributed by atoms with van der Waals surface area (Å²) < 4.78 is 0. The molecule has 1 aliphatic carbocycles. The first-order valence-corrected chi connectivity index (χ1v) is 9.83. The lowest BCUT2D eigenvalue weighted by atomic mass is 9.63. The highest BCUT2D eigenvalue weighted by Gasteiger charge is 2.37. The van der Waals surface area contributed by atoms with E-state index in [0.29, 0.717) is 5.69 Å². The van der Waals surface area contributed by atoms with Crippen molar-refractivity contribution in [2.45, 2.75) is 64.7 Å². The molecule has 0 bridgehead atoms. The molecular weight excluding hydrogens is 336 g/mol. The smallest absolute Gasteiger partial charge is 0.292 e. The van der Waals surface area contributed by atoms with Gasteiger partial charge in [0.25, 0.3) is 5.69 Å². The van der Waals surface area contributed by atoms with Gasteiger partial charge in [0.1, 0.15) is 5.69 Å². The molecule has 144 valence electrons. The summed E-state index contributed by atoms with van der Waals surface area (Å²) >= 11 is 0. The Balaban J connectivity index is 2.15. The van der Waals surface area contributed by atoms with Crippen molar-refractivity contribution in [1.29, 1.82) is 0 Å². The van der Waals surface area contributed by atoms with Crippen molar-refractivity contribution in [3.05, 3.63) is 63.7 Å². The van der Waals surface area contributed by atoms with Gasteiger partial charge in [-0.15, -0.1) is 0 Å². The van der Waals surface area contributed by atoms with Crippen LogP contribution in [-0.2, 0) is 10.8 Å². The molecule has 1 aliphatic rings. The summed E-state index contributed by atoms with van der Waals surface area (Å²) in [7, 11) is 0. The van der Waals surface area contributed by atoms with Gasteiger partial charge in [-0.1, -0.05) is 52.8 Å². The standard InChI is InChI=1S/C23H30N2O2/c1-6-15-24(20-9-7-8-10-21(20)25(26)27)17-11-12-18-19(16-17)23(4,5)14-13-22(18,2)3/h7-12,16H,6,13-15H2,1-5H3. The van der Waals surface area contributed by atoms with Crippen LogP contribution in [0.4, 0.5) is 17.1 Å². The van der Waals surface area contributed by atoms with Gasteiger partial charge in [-0.25, -0.2) is 0 Å². The van der Waals surface area contributed by atoms with Gasteiger partial charge in [-0.05, 0) is 59.4 Å². The van der Waals surface area contributed by atoms with E-state index in [4.69, 9.17) is 0 Å². The molecule has 0 amide bonds. The molecule has 0 heterocycles. The fourth-order valence-electron chi connectivity index (χ4n) is 4.20. The molecule has 2 aromatic carbocycles. The summed E-state index contributed by atoms with van der Waals surface area (Å²) in [5, 5.41) is 11.6. The van der Waals surface area contributed by atoms with Crippen LogP contribution < -0.4 is 4.90 Å². The van der Waals surface area contributed by atoms with Crippen LogP contribution in [0.5, 0.6) is 0 Å². The Hall–Kier alpha value is -2.36. The molecule has 3 rings (SSSR count). The summed E-state index contributed by atoms with van der Waals surface area (Å²) in [5.41, 5.74) is 4.91. The fourth-order valence-corrected chi connectivity index (χ4v) is 4.20. The van der Waals surface area contributed by atoms with Crippen molar-refractivity contribution in [3.63, 3.8) is 0 Å². The maximum atomic E-state index is 11.6. The van der Waals surface area contributed by atoms with Crippen LogP contribution in [0.1, 0.15) is 65.0 Å². The maximum absolute atomic E-state index is 11.6. The van der Waals surface area contributed by atoms with Crippen LogP contribution in [0.3, 0.4) is 0 Å². The highest BCUT2D eigenvalue weighted by molar-refractivity contribution is 5.73. The molecule has 0 atom stereocenters. The summed E-state index contributed by atoms with van der Waals surface area (Å²) in [6.45, 7) is 12.1. The van der Waals surface area contributed by atoms with Crippen LogP contribution in [-0.4, -0.2) is 11.5 Å². The van der Waals surface area contributed by atoms with Gasteiger partial charge < -0.3 is 4.90 Å². The highest BCUT2D eigenvalue weighted by atomic mass is 16.6. The van der Waals surface area contributed by atoms with Gasteiger partial charge >= 0.3 is 0 Å². The molecule has 0 N–H and O–H groups in total. The Bertz CT molecular complexity index is 855. The average Bonchev–Trinajstić information content (AvgIpc) is 2.63. The summed E-state index contributed by atoms with van der Waals surface area (Å²) in [4.78, 5) is 13.4. The lowest BCUT2D eigenvalue weighted by Gasteiger charge is -2.42. The Labute approximate surface area is 162 Å². The number of fused-ring (bicyclic) bond motifs is 1. The molecule has 0 fully saturated rings. The third-order valence-corrected chi connectivity index (χ3v) is 5.96. The zero-order chi connectivity index (χ0) is 19.8. The van der Waals surface area contributed by atoms with Crippen molar-refractivity contribution in [2.75, 3.05) is 11.4 Å². The van der Waals surface area contributed by atoms with E-state index >= 15 is 0 Å². The molecule has 0 aromatic heterocycles. The lowest BCUT2D eigenvalue weighted by Crippen LogP contribution is -2.34. The molecule has 4 nitrogen and oxygen atoms in total. The topological polar surface area (TPSA) is 46.4 Å². The Morgan fingerprint density at radius 2 is 1.63 bits per heavy atom. The SMILES string of the molecule is CCCN(c1ccc2c(c1)C(C)(C)CCC2(C)C)c1ccccc1[N+](=O)[O-]. The van der Waals surface area contributed by atoms with E-state index in [0.717, 1.165) is 25.1 Å².